The van der Waals surface area contributed by atoms with E-state index >= 15 is 0 Å². The van der Waals surface area contributed by atoms with Crippen LogP contribution in [0.1, 0.15) is 277 Å². The second-order valence-electron chi connectivity index (χ2n) is 18.2. The molecule has 0 aliphatic carbocycles. The molecule has 0 aliphatic rings. The molecule has 0 aliphatic heterocycles. The Morgan fingerprint density at radius 1 is 0.443 bits per heavy atom. The second kappa shape index (κ2) is 50.7. The van der Waals surface area contributed by atoms with Crippen molar-refractivity contribution in [3.63, 3.8) is 0 Å². The average Bonchev–Trinajstić information content (AvgIpc) is 3.26. The number of carbonyl (C=O) groups is 2. The summed E-state index contributed by atoms with van der Waals surface area (Å²) in [6.07, 6.45) is 61.5. The van der Waals surface area contributed by atoms with Crippen molar-refractivity contribution in [3.8, 4) is 0 Å². The topological polar surface area (TPSA) is 95.9 Å². The minimum atomic E-state index is -0.852. The first-order chi connectivity index (χ1) is 30.0. The number of esters is 1. The predicted octanol–water partition coefficient (Wildman–Crippen LogP) is 16.1. The number of carbonyl (C=O) groups excluding carboxylic acids is 2. The SMILES string of the molecule is CCCCCC/C=C\CCCCCCCC(=O)OCCCCCCCC/C=C\CCCCCCCCCC(=O)NC(CO)C(O)/C=C/CCCCCCCCCCCCCC. The molecular formula is C55H103NO5. The number of amides is 1. The molecule has 2 unspecified atom stereocenters. The van der Waals surface area contributed by atoms with E-state index in [4.69, 9.17) is 4.74 Å². The van der Waals surface area contributed by atoms with Gasteiger partial charge in [-0.2, -0.15) is 0 Å². The predicted molar refractivity (Wildman–Crippen MR) is 264 cm³/mol. The molecule has 0 fully saturated rings. The van der Waals surface area contributed by atoms with Gasteiger partial charge in [-0.15, -0.1) is 0 Å². The molecule has 0 radical (unpaired) electrons. The lowest BCUT2D eigenvalue weighted by atomic mass is 10.0. The monoisotopic (exact) mass is 858 g/mol. The number of unbranched alkanes of at least 4 members (excludes halogenated alkanes) is 34. The van der Waals surface area contributed by atoms with Crippen LogP contribution in [-0.2, 0) is 14.3 Å². The van der Waals surface area contributed by atoms with Crippen LogP contribution in [0.5, 0.6) is 0 Å². The Morgan fingerprint density at radius 2 is 0.770 bits per heavy atom. The lowest BCUT2D eigenvalue weighted by Crippen LogP contribution is -2.45. The second-order valence-corrected chi connectivity index (χ2v) is 18.2. The van der Waals surface area contributed by atoms with Crippen molar-refractivity contribution >= 4 is 11.9 Å². The summed E-state index contributed by atoms with van der Waals surface area (Å²) in [6.45, 7) is 4.86. The Morgan fingerprint density at radius 3 is 1.18 bits per heavy atom. The fraction of sp³-hybridized carbons (Fsp3) is 0.855. The van der Waals surface area contributed by atoms with Gasteiger partial charge in [0.15, 0.2) is 0 Å². The summed E-state index contributed by atoms with van der Waals surface area (Å²) in [5.41, 5.74) is 0. The summed E-state index contributed by atoms with van der Waals surface area (Å²) in [4.78, 5) is 24.4. The molecule has 0 bridgehead atoms. The van der Waals surface area contributed by atoms with Crippen LogP contribution in [0.4, 0.5) is 0 Å². The number of ether oxygens (including phenoxy) is 1. The summed E-state index contributed by atoms with van der Waals surface area (Å²) >= 11 is 0. The highest BCUT2D eigenvalue weighted by Gasteiger charge is 2.18. The van der Waals surface area contributed by atoms with Crippen LogP contribution < -0.4 is 5.32 Å². The van der Waals surface area contributed by atoms with Gasteiger partial charge in [-0.25, -0.2) is 0 Å². The Hall–Kier alpha value is -1.92. The minimum absolute atomic E-state index is 0.0126. The summed E-state index contributed by atoms with van der Waals surface area (Å²) < 4.78 is 5.45. The van der Waals surface area contributed by atoms with Crippen LogP contribution in [0.25, 0.3) is 0 Å². The Labute approximate surface area is 379 Å². The number of aliphatic hydroxyl groups is 2. The molecular weight excluding hydrogens is 755 g/mol. The molecule has 61 heavy (non-hydrogen) atoms. The van der Waals surface area contributed by atoms with Crippen molar-refractivity contribution in [2.75, 3.05) is 13.2 Å². The van der Waals surface area contributed by atoms with Crippen LogP contribution >= 0.6 is 0 Å². The summed E-state index contributed by atoms with van der Waals surface area (Å²) in [5.74, 6) is -0.0933. The summed E-state index contributed by atoms with van der Waals surface area (Å²) in [6, 6.07) is -0.636. The molecule has 358 valence electrons. The lowest BCUT2D eigenvalue weighted by molar-refractivity contribution is -0.143. The smallest absolute Gasteiger partial charge is 0.305 e. The third kappa shape index (κ3) is 47.4. The van der Waals surface area contributed by atoms with Crippen molar-refractivity contribution in [1.82, 2.24) is 5.32 Å². The van der Waals surface area contributed by atoms with E-state index < -0.39 is 12.1 Å². The van der Waals surface area contributed by atoms with Gasteiger partial charge in [0.25, 0.3) is 0 Å². The molecule has 0 rings (SSSR count). The fourth-order valence-corrected chi connectivity index (χ4v) is 7.97. The maximum absolute atomic E-state index is 12.4. The van der Waals surface area contributed by atoms with Crippen LogP contribution in [0.3, 0.4) is 0 Å². The normalized spacial score (nSPS) is 12.9. The Balaban J connectivity index is 3.50. The molecule has 0 aromatic rings. The highest BCUT2D eigenvalue weighted by molar-refractivity contribution is 5.76. The largest absolute Gasteiger partial charge is 0.466 e. The zero-order valence-electron chi connectivity index (χ0n) is 40.6. The molecule has 0 spiro atoms. The van der Waals surface area contributed by atoms with E-state index in [1.54, 1.807) is 6.08 Å². The van der Waals surface area contributed by atoms with Gasteiger partial charge in [-0.3, -0.25) is 9.59 Å². The van der Waals surface area contributed by atoms with Crippen LogP contribution in [0.15, 0.2) is 36.5 Å². The quantitative estimate of drug-likeness (QED) is 0.0322. The number of hydrogen-bond acceptors (Lipinski definition) is 5. The zero-order valence-corrected chi connectivity index (χ0v) is 40.6. The van der Waals surface area contributed by atoms with Crippen molar-refractivity contribution < 1.29 is 24.5 Å². The summed E-state index contributed by atoms with van der Waals surface area (Å²) in [5, 5.41) is 23.0. The van der Waals surface area contributed by atoms with E-state index in [0.717, 1.165) is 57.8 Å². The average molecular weight is 858 g/mol. The molecule has 0 heterocycles. The number of nitrogens with one attached hydrogen (secondary N) is 1. The van der Waals surface area contributed by atoms with Gasteiger partial charge in [-0.05, 0) is 83.5 Å². The lowest BCUT2D eigenvalue weighted by Gasteiger charge is -2.20. The van der Waals surface area contributed by atoms with Crippen LogP contribution in [0, 0.1) is 0 Å². The molecule has 3 N–H and O–H groups in total. The molecule has 0 saturated carbocycles. The molecule has 0 aromatic carbocycles. The maximum atomic E-state index is 12.4. The number of allylic oxidation sites excluding steroid dienone is 5. The van der Waals surface area contributed by atoms with Crippen LogP contribution in [0.2, 0.25) is 0 Å². The van der Waals surface area contributed by atoms with Gasteiger partial charge in [0, 0.05) is 12.8 Å². The zero-order chi connectivity index (χ0) is 44.4. The van der Waals surface area contributed by atoms with E-state index in [9.17, 15) is 19.8 Å². The van der Waals surface area contributed by atoms with E-state index in [2.05, 4.69) is 43.5 Å². The highest BCUT2D eigenvalue weighted by atomic mass is 16.5. The molecule has 6 nitrogen and oxygen atoms in total. The number of hydrogen-bond donors (Lipinski definition) is 3. The van der Waals surface area contributed by atoms with Gasteiger partial charge < -0.3 is 20.3 Å². The minimum Gasteiger partial charge on any atom is -0.466 e. The molecule has 2 atom stereocenters. The van der Waals surface area contributed by atoms with Gasteiger partial charge in [0.05, 0.1) is 25.4 Å². The van der Waals surface area contributed by atoms with E-state index in [1.165, 1.54) is 193 Å². The van der Waals surface area contributed by atoms with E-state index in [1.807, 2.05) is 6.08 Å². The standard InChI is InChI=1S/C55H103NO5/c1-3-5-7-9-11-13-15-17-24-27-31-35-39-43-47-53(58)52(51-57)56-54(59)48-44-40-36-32-28-25-21-19-18-20-22-26-30-34-38-42-46-50-61-55(60)49-45-41-37-33-29-23-16-14-12-10-8-6-4-2/h14,16,18,20,43,47,52-53,57-58H,3-13,15,17,19,21-42,44-46,48-51H2,1-2H3,(H,56,59)/b16-14-,20-18-,47-43+. The first kappa shape index (κ1) is 59.1. The molecule has 0 aromatic heterocycles. The molecule has 6 heteroatoms. The fourth-order valence-electron chi connectivity index (χ4n) is 7.97. The highest BCUT2D eigenvalue weighted by Crippen LogP contribution is 2.15. The van der Waals surface area contributed by atoms with E-state index in [-0.39, 0.29) is 18.5 Å². The van der Waals surface area contributed by atoms with Gasteiger partial charge >= 0.3 is 5.97 Å². The van der Waals surface area contributed by atoms with Crippen LogP contribution in [-0.4, -0.2) is 47.4 Å². The third-order valence-corrected chi connectivity index (χ3v) is 12.1. The van der Waals surface area contributed by atoms with Gasteiger partial charge in [-0.1, -0.05) is 217 Å². The van der Waals surface area contributed by atoms with Crippen molar-refractivity contribution in [1.29, 1.82) is 0 Å². The van der Waals surface area contributed by atoms with Crippen molar-refractivity contribution in [2.45, 2.75) is 289 Å². The molecule has 0 saturated heterocycles. The first-order valence-corrected chi connectivity index (χ1v) is 26.8. The van der Waals surface area contributed by atoms with E-state index in [0.29, 0.717) is 19.4 Å². The number of rotatable bonds is 49. The first-order valence-electron chi connectivity index (χ1n) is 26.8. The summed E-state index contributed by atoms with van der Waals surface area (Å²) in [7, 11) is 0. The van der Waals surface area contributed by atoms with Gasteiger partial charge in [0.1, 0.15) is 0 Å². The number of aliphatic hydroxyl groups excluding tert-OH is 2. The van der Waals surface area contributed by atoms with Gasteiger partial charge in [0.2, 0.25) is 5.91 Å². The molecule has 1 amide bonds. The van der Waals surface area contributed by atoms with Crippen molar-refractivity contribution in [3.05, 3.63) is 36.5 Å². The third-order valence-electron chi connectivity index (χ3n) is 12.1. The van der Waals surface area contributed by atoms with Crippen molar-refractivity contribution in [2.24, 2.45) is 0 Å². The Bertz CT molecular complexity index is 993. The maximum Gasteiger partial charge on any atom is 0.305 e. The Kier molecular flexibility index (Phi) is 49.1.